The van der Waals surface area contributed by atoms with Crippen LogP contribution in [0.2, 0.25) is 0 Å². The summed E-state index contributed by atoms with van der Waals surface area (Å²) < 4.78 is 17.1. The van der Waals surface area contributed by atoms with Crippen LogP contribution in [0.3, 0.4) is 0 Å². The van der Waals surface area contributed by atoms with Gasteiger partial charge >= 0.3 is 5.97 Å². The summed E-state index contributed by atoms with van der Waals surface area (Å²) in [4.78, 5) is 12.2. The first-order valence-corrected chi connectivity index (χ1v) is 7.70. The van der Waals surface area contributed by atoms with Gasteiger partial charge in [0.15, 0.2) is 11.5 Å². The predicted octanol–water partition coefficient (Wildman–Crippen LogP) is 3.59. The topological polar surface area (TPSA) is 56.8 Å². The first-order chi connectivity index (χ1) is 10.6. The molecule has 1 aliphatic rings. The fraction of sp³-hybridized carbons (Fsp3) is 0.188. The summed E-state index contributed by atoms with van der Waals surface area (Å²) in [5, 5.41) is 3.21. The molecule has 1 N–H and O–H groups in total. The van der Waals surface area contributed by atoms with Gasteiger partial charge in [0.1, 0.15) is 5.56 Å². The molecule has 2 aromatic carbocycles. The number of anilines is 1. The number of ether oxygens (including phenoxy) is 3. The van der Waals surface area contributed by atoms with Crippen molar-refractivity contribution in [2.75, 3.05) is 19.5 Å². The summed E-state index contributed by atoms with van der Waals surface area (Å²) >= 11 is 2.23. The quantitative estimate of drug-likeness (QED) is 0.616. The molecule has 0 radical (unpaired) electrons. The van der Waals surface area contributed by atoms with E-state index in [-0.39, 0.29) is 0 Å². The van der Waals surface area contributed by atoms with E-state index < -0.39 is 12.2 Å². The fourth-order valence-electron chi connectivity index (χ4n) is 2.44. The molecule has 5 nitrogen and oxygen atoms in total. The van der Waals surface area contributed by atoms with Crippen molar-refractivity contribution in [2.24, 2.45) is 0 Å². The number of hydrogen-bond donors (Lipinski definition) is 1. The highest BCUT2D eigenvalue weighted by molar-refractivity contribution is 14.1. The predicted molar refractivity (Wildman–Crippen MR) is 90.5 cm³/mol. The highest BCUT2D eigenvalue weighted by Crippen LogP contribution is 2.42. The minimum atomic E-state index is -0.541. The third-order valence-corrected chi connectivity index (χ3v) is 4.08. The van der Waals surface area contributed by atoms with Crippen LogP contribution in [0, 0.1) is 3.57 Å². The molecule has 0 fully saturated rings. The second-order valence-electron chi connectivity index (χ2n) is 4.71. The molecule has 0 amide bonds. The van der Waals surface area contributed by atoms with E-state index in [2.05, 4.69) is 27.9 Å². The van der Waals surface area contributed by atoms with Gasteiger partial charge in [-0.05, 0) is 52.9 Å². The van der Waals surface area contributed by atoms with Gasteiger partial charge in [-0.1, -0.05) is 6.07 Å². The average Bonchev–Trinajstić information content (AvgIpc) is 2.82. The fourth-order valence-corrected chi connectivity index (χ4v) is 2.98. The summed E-state index contributed by atoms with van der Waals surface area (Å²) in [7, 11) is 3.04. The standard InChI is InChI=1S/C16H14INO4/c1-20-12-7-6-11-13(14(12)21-2)16(19)22-15(11)18-10-5-3-4-9(17)8-10/h3-8,15,18H,1-2H3/t15-/m0/s1. The number of cyclic esters (lactones) is 1. The number of nitrogens with one attached hydrogen (secondary N) is 1. The largest absolute Gasteiger partial charge is 0.493 e. The summed E-state index contributed by atoms with van der Waals surface area (Å²) in [6.07, 6.45) is -0.541. The Hall–Kier alpha value is -1.96. The molecule has 0 aliphatic carbocycles. The molecule has 0 saturated heterocycles. The maximum Gasteiger partial charge on any atom is 0.344 e. The maximum absolute atomic E-state index is 12.2. The molecule has 1 aliphatic heterocycles. The molecule has 0 bridgehead atoms. The molecule has 22 heavy (non-hydrogen) atoms. The Labute approximate surface area is 141 Å². The Kier molecular flexibility index (Phi) is 4.10. The number of carbonyl (C=O) groups is 1. The molecule has 6 heteroatoms. The van der Waals surface area contributed by atoms with E-state index in [1.54, 1.807) is 6.07 Å². The first kappa shape index (κ1) is 15.0. The smallest absolute Gasteiger partial charge is 0.344 e. The molecule has 0 aromatic heterocycles. The zero-order valence-corrected chi connectivity index (χ0v) is 14.2. The number of methoxy groups -OCH3 is 2. The van der Waals surface area contributed by atoms with Crippen LogP contribution < -0.4 is 14.8 Å². The lowest BCUT2D eigenvalue weighted by Gasteiger charge is -2.15. The summed E-state index contributed by atoms with van der Waals surface area (Å²) in [5.41, 5.74) is 2.03. The zero-order valence-electron chi connectivity index (χ0n) is 12.1. The number of benzene rings is 2. The maximum atomic E-state index is 12.2. The van der Waals surface area contributed by atoms with Crippen molar-refractivity contribution in [2.45, 2.75) is 6.23 Å². The lowest BCUT2D eigenvalue weighted by atomic mass is 10.1. The number of halogens is 1. The third-order valence-electron chi connectivity index (χ3n) is 3.41. The molecule has 2 aromatic rings. The van der Waals surface area contributed by atoms with Crippen LogP contribution >= 0.6 is 22.6 Å². The van der Waals surface area contributed by atoms with Crippen molar-refractivity contribution in [3.05, 3.63) is 51.1 Å². The van der Waals surface area contributed by atoms with E-state index in [9.17, 15) is 4.79 Å². The van der Waals surface area contributed by atoms with Gasteiger partial charge in [-0.2, -0.15) is 0 Å². The minimum absolute atomic E-state index is 0.400. The molecule has 0 unspecified atom stereocenters. The molecule has 3 rings (SSSR count). The monoisotopic (exact) mass is 411 g/mol. The van der Waals surface area contributed by atoms with Crippen LogP contribution in [0.5, 0.6) is 11.5 Å². The van der Waals surface area contributed by atoms with Crippen molar-refractivity contribution in [3.8, 4) is 11.5 Å². The zero-order chi connectivity index (χ0) is 15.7. The Morgan fingerprint density at radius 3 is 2.68 bits per heavy atom. The number of hydrogen-bond acceptors (Lipinski definition) is 5. The highest BCUT2D eigenvalue weighted by atomic mass is 127. The van der Waals surface area contributed by atoms with Crippen LogP contribution in [0.15, 0.2) is 36.4 Å². The van der Waals surface area contributed by atoms with Crippen LogP contribution in [0.1, 0.15) is 22.1 Å². The van der Waals surface area contributed by atoms with Crippen LogP contribution in [-0.2, 0) is 4.74 Å². The van der Waals surface area contributed by atoms with Gasteiger partial charge in [0.05, 0.1) is 14.2 Å². The molecular formula is C16H14INO4. The van der Waals surface area contributed by atoms with E-state index in [0.717, 1.165) is 14.8 Å². The van der Waals surface area contributed by atoms with Crippen LogP contribution in [0.25, 0.3) is 0 Å². The molecule has 114 valence electrons. The molecular weight excluding hydrogens is 397 g/mol. The van der Waals surface area contributed by atoms with Crippen molar-refractivity contribution in [3.63, 3.8) is 0 Å². The molecule has 1 atom stereocenters. The number of rotatable bonds is 4. The van der Waals surface area contributed by atoms with Crippen molar-refractivity contribution < 1.29 is 19.0 Å². The van der Waals surface area contributed by atoms with Gasteiger partial charge in [0.2, 0.25) is 6.23 Å². The van der Waals surface area contributed by atoms with Crippen LogP contribution in [-0.4, -0.2) is 20.2 Å². The second kappa shape index (κ2) is 6.04. The van der Waals surface area contributed by atoms with Crippen molar-refractivity contribution in [1.82, 2.24) is 0 Å². The van der Waals surface area contributed by atoms with E-state index in [1.807, 2.05) is 30.3 Å². The molecule has 0 spiro atoms. The number of fused-ring (bicyclic) bond motifs is 1. The first-order valence-electron chi connectivity index (χ1n) is 6.62. The Bertz CT molecular complexity index is 732. The number of carbonyl (C=O) groups excluding carboxylic acids is 1. The second-order valence-corrected chi connectivity index (χ2v) is 5.95. The Morgan fingerprint density at radius 2 is 2.00 bits per heavy atom. The lowest BCUT2D eigenvalue weighted by molar-refractivity contribution is 0.0435. The highest BCUT2D eigenvalue weighted by Gasteiger charge is 2.35. The van der Waals surface area contributed by atoms with Crippen LogP contribution in [0.4, 0.5) is 5.69 Å². The average molecular weight is 411 g/mol. The van der Waals surface area contributed by atoms with E-state index in [4.69, 9.17) is 14.2 Å². The summed E-state index contributed by atoms with van der Waals surface area (Å²) in [6.45, 7) is 0. The SMILES string of the molecule is COc1ccc2c(c1OC)C(=O)O[C@@H]2Nc1cccc(I)c1. The van der Waals surface area contributed by atoms with Gasteiger partial charge in [-0.25, -0.2) is 4.79 Å². The molecule has 0 saturated carbocycles. The Balaban J connectivity index is 1.98. The summed E-state index contributed by atoms with van der Waals surface area (Å²) in [6, 6.07) is 11.4. The van der Waals surface area contributed by atoms with Gasteiger partial charge in [-0.15, -0.1) is 0 Å². The normalized spacial score (nSPS) is 16.0. The summed E-state index contributed by atoms with van der Waals surface area (Å²) in [5.74, 6) is 0.485. The van der Waals surface area contributed by atoms with E-state index in [0.29, 0.717) is 17.1 Å². The minimum Gasteiger partial charge on any atom is -0.493 e. The van der Waals surface area contributed by atoms with E-state index >= 15 is 0 Å². The van der Waals surface area contributed by atoms with Gasteiger partial charge in [-0.3, -0.25) is 0 Å². The number of esters is 1. The van der Waals surface area contributed by atoms with Crippen molar-refractivity contribution in [1.29, 1.82) is 0 Å². The van der Waals surface area contributed by atoms with Gasteiger partial charge in [0.25, 0.3) is 0 Å². The van der Waals surface area contributed by atoms with Crippen molar-refractivity contribution >= 4 is 34.2 Å². The van der Waals surface area contributed by atoms with Gasteiger partial charge < -0.3 is 19.5 Å². The Morgan fingerprint density at radius 1 is 1.18 bits per heavy atom. The molecule has 1 heterocycles. The van der Waals surface area contributed by atoms with Gasteiger partial charge in [0, 0.05) is 14.8 Å². The third kappa shape index (κ3) is 2.58. The van der Waals surface area contributed by atoms with E-state index in [1.165, 1.54) is 14.2 Å². The lowest BCUT2D eigenvalue weighted by Crippen LogP contribution is -2.10.